The molecule has 0 spiro atoms. The van der Waals surface area contributed by atoms with Crippen molar-refractivity contribution in [1.29, 1.82) is 0 Å². The van der Waals surface area contributed by atoms with E-state index in [1.54, 1.807) is 24.3 Å². The normalized spacial score (nSPS) is 11.5. The lowest BCUT2D eigenvalue weighted by Crippen LogP contribution is -2.10. The van der Waals surface area contributed by atoms with E-state index in [0.29, 0.717) is 16.2 Å². The molecule has 0 unspecified atom stereocenters. The van der Waals surface area contributed by atoms with Crippen LogP contribution in [0, 0.1) is 0 Å². The van der Waals surface area contributed by atoms with Crippen LogP contribution in [0.25, 0.3) is 10.8 Å². The third-order valence-corrected chi connectivity index (χ3v) is 5.51. The summed E-state index contributed by atoms with van der Waals surface area (Å²) in [4.78, 5) is 12.3. The van der Waals surface area contributed by atoms with Crippen molar-refractivity contribution in [2.45, 2.75) is 4.90 Å². The first-order valence-electron chi connectivity index (χ1n) is 7.16. The minimum Gasteiger partial charge on any atom is -0.422 e. The van der Waals surface area contributed by atoms with Gasteiger partial charge >= 0.3 is 5.97 Å². The van der Waals surface area contributed by atoms with E-state index >= 15 is 0 Å². The summed E-state index contributed by atoms with van der Waals surface area (Å²) in [5.74, 6) is -0.352. The highest BCUT2D eigenvalue weighted by Crippen LogP contribution is 2.32. The Morgan fingerprint density at radius 2 is 1.56 bits per heavy atom. The van der Waals surface area contributed by atoms with Crippen LogP contribution in [0.3, 0.4) is 0 Å². The van der Waals surface area contributed by atoms with E-state index in [4.69, 9.17) is 27.9 Å². The lowest BCUT2D eigenvalue weighted by molar-refractivity contribution is 0.0737. The van der Waals surface area contributed by atoms with Crippen LogP contribution < -0.4 is 4.74 Å². The minimum absolute atomic E-state index is 0.0518. The van der Waals surface area contributed by atoms with Gasteiger partial charge < -0.3 is 4.74 Å². The Balaban J connectivity index is 2.01. The fourth-order valence-electron chi connectivity index (χ4n) is 2.40. The van der Waals surface area contributed by atoms with Crippen LogP contribution >= 0.6 is 23.2 Å². The molecular formula is C18H12Cl2O4S. The molecule has 0 aliphatic carbocycles. The molecule has 3 aromatic rings. The molecule has 0 radical (unpaired) electrons. The van der Waals surface area contributed by atoms with Crippen LogP contribution in [0.15, 0.2) is 59.5 Å². The first kappa shape index (κ1) is 17.7. The summed E-state index contributed by atoms with van der Waals surface area (Å²) < 4.78 is 28.9. The quantitative estimate of drug-likeness (QED) is 0.474. The Morgan fingerprint density at radius 1 is 0.920 bits per heavy atom. The molecule has 0 aromatic heterocycles. The van der Waals surface area contributed by atoms with Crippen molar-refractivity contribution in [2.75, 3.05) is 6.26 Å². The molecule has 7 heteroatoms. The molecule has 0 heterocycles. The molecule has 0 aliphatic heterocycles. The van der Waals surface area contributed by atoms with Gasteiger partial charge in [-0.05, 0) is 30.3 Å². The molecule has 0 saturated heterocycles. The SMILES string of the molecule is CS(=O)(=O)c1cc(C(=O)Oc2ccc(Cl)c3ccccc23)ccc1Cl. The maximum atomic E-state index is 12.4. The van der Waals surface area contributed by atoms with Gasteiger partial charge in [0.2, 0.25) is 0 Å². The van der Waals surface area contributed by atoms with Gasteiger partial charge in [0.05, 0.1) is 15.5 Å². The molecule has 0 fully saturated rings. The number of ether oxygens (including phenoxy) is 1. The number of hydrogen-bond donors (Lipinski definition) is 0. The first-order chi connectivity index (χ1) is 11.8. The predicted molar refractivity (Wildman–Crippen MR) is 98.5 cm³/mol. The maximum Gasteiger partial charge on any atom is 0.343 e. The zero-order chi connectivity index (χ0) is 18.2. The molecule has 0 saturated carbocycles. The topological polar surface area (TPSA) is 60.4 Å². The lowest BCUT2D eigenvalue weighted by atomic mass is 10.1. The monoisotopic (exact) mass is 394 g/mol. The minimum atomic E-state index is -3.56. The summed E-state index contributed by atoms with van der Waals surface area (Å²) in [7, 11) is -3.56. The number of sulfone groups is 1. The fraction of sp³-hybridized carbons (Fsp3) is 0.0556. The highest BCUT2D eigenvalue weighted by Gasteiger charge is 2.18. The van der Waals surface area contributed by atoms with Crippen LogP contribution in [0.2, 0.25) is 10.0 Å². The Kier molecular flexibility index (Phi) is 4.73. The van der Waals surface area contributed by atoms with Gasteiger partial charge in [-0.1, -0.05) is 47.5 Å². The number of rotatable bonds is 3. The van der Waals surface area contributed by atoms with E-state index in [0.717, 1.165) is 11.6 Å². The molecule has 4 nitrogen and oxygen atoms in total. The Hall–Kier alpha value is -2.08. The Labute approximate surface area is 154 Å². The van der Waals surface area contributed by atoms with Crippen molar-refractivity contribution in [1.82, 2.24) is 0 Å². The zero-order valence-corrected chi connectivity index (χ0v) is 15.3. The molecule has 0 amide bonds. The fourth-order valence-corrected chi connectivity index (χ4v) is 3.93. The van der Waals surface area contributed by atoms with Gasteiger partial charge in [0.25, 0.3) is 0 Å². The van der Waals surface area contributed by atoms with E-state index in [2.05, 4.69) is 0 Å². The number of carbonyl (C=O) groups is 1. The van der Waals surface area contributed by atoms with Crippen LogP contribution in [-0.4, -0.2) is 20.6 Å². The van der Waals surface area contributed by atoms with E-state index in [1.807, 2.05) is 12.1 Å². The number of hydrogen-bond acceptors (Lipinski definition) is 4. The molecule has 25 heavy (non-hydrogen) atoms. The largest absolute Gasteiger partial charge is 0.422 e. The summed E-state index contributed by atoms with van der Waals surface area (Å²) in [5, 5.41) is 2.03. The summed E-state index contributed by atoms with van der Waals surface area (Å²) in [5.41, 5.74) is 0.0869. The molecule has 0 bridgehead atoms. The Bertz CT molecular complexity index is 1090. The number of halogens is 2. The van der Waals surface area contributed by atoms with Gasteiger partial charge in [-0.15, -0.1) is 0 Å². The summed E-state index contributed by atoms with van der Waals surface area (Å²) >= 11 is 12.0. The third-order valence-electron chi connectivity index (χ3n) is 3.60. The summed E-state index contributed by atoms with van der Waals surface area (Å²) in [6.45, 7) is 0. The summed E-state index contributed by atoms with van der Waals surface area (Å²) in [6.07, 6.45) is 1.02. The second-order valence-corrected chi connectivity index (χ2v) is 8.20. The average Bonchev–Trinajstić information content (AvgIpc) is 2.57. The van der Waals surface area contributed by atoms with Gasteiger partial charge in [0.15, 0.2) is 9.84 Å². The van der Waals surface area contributed by atoms with Crippen LogP contribution in [0.1, 0.15) is 10.4 Å². The van der Waals surface area contributed by atoms with Gasteiger partial charge in [-0.3, -0.25) is 0 Å². The molecule has 128 valence electrons. The highest BCUT2D eigenvalue weighted by molar-refractivity contribution is 7.90. The predicted octanol–water partition coefficient (Wildman–Crippen LogP) is 4.77. The molecule has 0 aliphatic rings. The van der Waals surface area contributed by atoms with Crippen molar-refractivity contribution in [3.05, 3.63) is 70.2 Å². The average molecular weight is 395 g/mol. The van der Waals surface area contributed by atoms with Crippen molar-refractivity contribution >= 4 is 49.8 Å². The van der Waals surface area contributed by atoms with Crippen molar-refractivity contribution in [3.8, 4) is 5.75 Å². The number of carbonyl (C=O) groups excluding carboxylic acids is 1. The van der Waals surface area contributed by atoms with Gasteiger partial charge in [0.1, 0.15) is 5.75 Å². The first-order valence-corrected chi connectivity index (χ1v) is 9.81. The van der Waals surface area contributed by atoms with E-state index in [-0.39, 0.29) is 15.5 Å². The number of esters is 1. The van der Waals surface area contributed by atoms with Gasteiger partial charge in [-0.2, -0.15) is 0 Å². The van der Waals surface area contributed by atoms with E-state index in [1.165, 1.54) is 18.2 Å². The molecule has 0 atom stereocenters. The lowest BCUT2D eigenvalue weighted by Gasteiger charge is -2.10. The van der Waals surface area contributed by atoms with Crippen molar-refractivity contribution in [3.63, 3.8) is 0 Å². The number of fused-ring (bicyclic) bond motifs is 1. The van der Waals surface area contributed by atoms with E-state index < -0.39 is 15.8 Å². The zero-order valence-electron chi connectivity index (χ0n) is 13.0. The van der Waals surface area contributed by atoms with Crippen LogP contribution in [0.5, 0.6) is 5.75 Å². The standard InChI is InChI=1S/C18H12Cl2O4S/c1-25(22,23)17-10-11(6-7-15(17)20)18(21)24-16-9-8-14(19)12-4-2-3-5-13(12)16/h2-10H,1H3. The van der Waals surface area contributed by atoms with Crippen LogP contribution in [-0.2, 0) is 9.84 Å². The Morgan fingerprint density at radius 3 is 2.24 bits per heavy atom. The van der Waals surface area contributed by atoms with Crippen molar-refractivity contribution < 1.29 is 17.9 Å². The van der Waals surface area contributed by atoms with Gasteiger partial charge in [-0.25, -0.2) is 13.2 Å². The van der Waals surface area contributed by atoms with Crippen LogP contribution in [0.4, 0.5) is 0 Å². The molecule has 3 aromatic carbocycles. The second-order valence-electron chi connectivity index (χ2n) is 5.40. The summed E-state index contributed by atoms with van der Waals surface area (Å²) in [6, 6.07) is 14.4. The smallest absolute Gasteiger partial charge is 0.343 e. The van der Waals surface area contributed by atoms with E-state index in [9.17, 15) is 13.2 Å². The van der Waals surface area contributed by atoms with Crippen molar-refractivity contribution in [2.24, 2.45) is 0 Å². The molecular weight excluding hydrogens is 383 g/mol. The highest BCUT2D eigenvalue weighted by atomic mass is 35.5. The third kappa shape index (κ3) is 3.63. The number of benzene rings is 3. The molecule has 0 N–H and O–H groups in total. The molecule has 3 rings (SSSR count). The maximum absolute atomic E-state index is 12.4. The second kappa shape index (κ2) is 6.67. The van der Waals surface area contributed by atoms with Gasteiger partial charge in [0, 0.05) is 22.1 Å².